The number of carbonyl (C=O) groups excluding carboxylic acids is 2. The number of nitrogens with zero attached hydrogens (tertiary/aromatic N) is 3. The number of benzene rings is 2. The number of cyclic esters (lactones) is 1. The van der Waals surface area contributed by atoms with Crippen molar-refractivity contribution in [3.8, 4) is 16.9 Å². The molecule has 0 unspecified atom stereocenters. The van der Waals surface area contributed by atoms with Gasteiger partial charge in [0.25, 0.3) is 0 Å². The van der Waals surface area contributed by atoms with E-state index in [0.717, 1.165) is 11.2 Å². The number of rotatable bonds is 9. The molecule has 2 heterocycles. The highest BCUT2D eigenvalue weighted by atomic mass is 32.2. The fourth-order valence-electron chi connectivity index (χ4n) is 4.86. The summed E-state index contributed by atoms with van der Waals surface area (Å²) in [6.45, 7) is 0.882. The Kier molecular flexibility index (Phi) is 9.57. The van der Waals surface area contributed by atoms with Gasteiger partial charge in [0.05, 0.1) is 43.6 Å². The maximum absolute atomic E-state index is 13.5. The van der Waals surface area contributed by atoms with Gasteiger partial charge in [-0.3, -0.25) is 9.69 Å². The van der Waals surface area contributed by atoms with Gasteiger partial charge in [-0.2, -0.15) is 26.3 Å². The highest BCUT2D eigenvalue weighted by Crippen LogP contribution is 2.42. The summed E-state index contributed by atoms with van der Waals surface area (Å²) in [7, 11) is -1.36. The van der Waals surface area contributed by atoms with E-state index in [0.29, 0.717) is 23.3 Å². The third-order valence-electron chi connectivity index (χ3n) is 7.23. The van der Waals surface area contributed by atoms with Crippen molar-refractivity contribution in [2.75, 3.05) is 20.5 Å². The lowest BCUT2D eigenvalue weighted by Crippen LogP contribution is -2.32. The van der Waals surface area contributed by atoms with E-state index >= 15 is 0 Å². The summed E-state index contributed by atoms with van der Waals surface area (Å²) in [5, 5.41) is -0.600. The van der Waals surface area contributed by atoms with Crippen molar-refractivity contribution in [3.63, 3.8) is 0 Å². The number of hydrogen-bond donors (Lipinski definition) is 0. The first-order valence-electron chi connectivity index (χ1n) is 13.4. The lowest BCUT2D eigenvalue weighted by molar-refractivity contribution is -0.143. The van der Waals surface area contributed by atoms with Crippen molar-refractivity contribution < 1.29 is 58.6 Å². The molecule has 248 valence electrons. The first-order chi connectivity index (χ1) is 21.3. The standard InChI is InChI=1S/C29H27F6N3O7S/c1-15-25(17-10-18(28(30,31)32)12-19(11-17)29(33,34)35)45-27(40)38(15)14-22-21(13-36-26(37-22)46(4,41)42)20-9-16(5-7-23(20)43-2)6-8-24(39)44-3/h5,7,9-13,15,25H,6,8,14H2,1-4H3/t15-,25-/m0/s1. The number of ether oxygens (including phenoxy) is 3. The molecule has 0 spiro atoms. The highest BCUT2D eigenvalue weighted by molar-refractivity contribution is 7.90. The maximum atomic E-state index is 13.5. The summed E-state index contributed by atoms with van der Waals surface area (Å²) in [5.41, 5.74) is -2.52. The van der Waals surface area contributed by atoms with Crippen LogP contribution in [0.5, 0.6) is 5.75 Å². The van der Waals surface area contributed by atoms with Crippen LogP contribution in [-0.4, -0.2) is 61.9 Å². The molecule has 4 rings (SSSR count). The van der Waals surface area contributed by atoms with Gasteiger partial charge in [-0.25, -0.2) is 23.2 Å². The molecule has 0 N–H and O–H groups in total. The van der Waals surface area contributed by atoms with Crippen molar-refractivity contribution >= 4 is 21.9 Å². The fraction of sp³-hybridized carbons (Fsp3) is 0.379. The number of aryl methyl sites for hydroxylation is 1. The Morgan fingerprint density at radius 2 is 1.63 bits per heavy atom. The molecule has 0 saturated carbocycles. The number of hydrogen-bond acceptors (Lipinski definition) is 9. The lowest BCUT2D eigenvalue weighted by atomic mass is 9.97. The van der Waals surface area contributed by atoms with Crippen molar-refractivity contribution in [2.45, 2.75) is 56.0 Å². The number of alkyl halides is 6. The molecule has 1 aromatic heterocycles. The summed E-state index contributed by atoms with van der Waals surface area (Å²) in [5.74, 6) is -0.171. The van der Waals surface area contributed by atoms with Gasteiger partial charge in [-0.05, 0) is 54.8 Å². The zero-order valence-electron chi connectivity index (χ0n) is 24.7. The number of esters is 1. The number of methoxy groups -OCH3 is 2. The third-order valence-corrected chi connectivity index (χ3v) is 8.09. The third kappa shape index (κ3) is 7.51. The molecule has 0 radical (unpaired) electrons. The van der Waals surface area contributed by atoms with Gasteiger partial charge in [-0.1, -0.05) is 6.07 Å². The van der Waals surface area contributed by atoms with Crippen LogP contribution < -0.4 is 4.74 Å². The molecule has 10 nitrogen and oxygen atoms in total. The number of halogens is 6. The molecule has 46 heavy (non-hydrogen) atoms. The van der Waals surface area contributed by atoms with E-state index in [1.165, 1.54) is 27.3 Å². The smallest absolute Gasteiger partial charge is 0.416 e. The Morgan fingerprint density at radius 3 is 2.17 bits per heavy atom. The van der Waals surface area contributed by atoms with E-state index in [4.69, 9.17) is 9.47 Å². The Balaban J connectivity index is 1.78. The van der Waals surface area contributed by atoms with Gasteiger partial charge in [0.2, 0.25) is 15.0 Å². The van der Waals surface area contributed by atoms with Gasteiger partial charge >= 0.3 is 24.4 Å². The van der Waals surface area contributed by atoms with Crippen molar-refractivity contribution in [1.82, 2.24) is 14.9 Å². The largest absolute Gasteiger partial charge is 0.496 e. The Hall–Kier alpha value is -4.41. The molecule has 0 aliphatic carbocycles. The van der Waals surface area contributed by atoms with Crippen LogP contribution in [-0.2, 0) is 49.4 Å². The quantitative estimate of drug-likeness (QED) is 0.158. The Bertz CT molecular complexity index is 1730. The summed E-state index contributed by atoms with van der Waals surface area (Å²) in [4.78, 5) is 33.8. The molecular weight excluding hydrogens is 648 g/mol. The lowest BCUT2D eigenvalue weighted by Gasteiger charge is -2.23. The predicted molar refractivity (Wildman–Crippen MR) is 148 cm³/mol. The second kappa shape index (κ2) is 12.8. The molecule has 1 saturated heterocycles. The molecule has 2 aromatic carbocycles. The molecule has 1 aliphatic heterocycles. The van der Waals surface area contributed by atoms with Crippen LogP contribution in [0.1, 0.15) is 47.4 Å². The van der Waals surface area contributed by atoms with E-state index in [9.17, 15) is 44.3 Å². The molecule has 1 amide bonds. The van der Waals surface area contributed by atoms with Crippen LogP contribution in [0.2, 0.25) is 0 Å². The summed E-state index contributed by atoms with van der Waals surface area (Å²) in [6.07, 6.45) is -10.5. The minimum atomic E-state index is -5.12. The second-order valence-corrected chi connectivity index (χ2v) is 12.3. The Morgan fingerprint density at radius 1 is 1.00 bits per heavy atom. The molecule has 0 bridgehead atoms. The number of aromatic nitrogens is 2. The maximum Gasteiger partial charge on any atom is 0.416 e. The summed E-state index contributed by atoms with van der Waals surface area (Å²) in [6, 6.07) is 4.71. The van der Waals surface area contributed by atoms with Crippen molar-refractivity contribution in [1.29, 1.82) is 0 Å². The van der Waals surface area contributed by atoms with Crippen LogP contribution >= 0.6 is 0 Å². The first-order valence-corrected chi connectivity index (χ1v) is 15.3. The number of sulfone groups is 1. The van der Waals surface area contributed by atoms with E-state index in [1.54, 1.807) is 18.2 Å². The zero-order chi connectivity index (χ0) is 34.2. The van der Waals surface area contributed by atoms with Crippen LogP contribution in [0, 0.1) is 0 Å². The van der Waals surface area contributed by atoms with Gasteiger partial charge in [0.15, 0.2) is 0 Å². The van der Waals surface area contributed by atoms with Gasteiger partial charge in [0, 0.05) is 30.0 Å². The zero-order valence-corrected chi connectivity index (χ0v) is 25.5. The average molecular weight is 676 g/mol. The number of amides is 1. The molecule has 1 aliphatic rings. The molecular formula is C29H27F6N3O7S. The van der Waals surface area contributed by atoms with Crippen LogP contribution in [0.4, 0.5) is 31.1 Å². The monoisotopic (exact) mass is 675 g/mol. The minimum Gasteiger partial charge on any atom is -0.496 e. The highest BCUT2D eigenvalue weighted by Gasteiger charge is 2.43. The Labute approximate surface area is 259 Å². The number of carbonyl (C=O) groups is 2. The van der Waals surface area contributed by atoms with Crippen LogP contribution in [0.3, 0.4) is 0 Å². The molecule has 3 aromatic rings. The van der Waals surface area contributed by atoms with E-state index < -0.39 is 74.8 Å². The topological polar surface area (TPSA) is 125 Å². The van der Waals surface area contributed by atoms with E-state index in [1.807, 2.05) is 0 Å². The van der Waals surface area contributed by atoms with Crippen molar-refractivity contribution in [2.24, 2.45) is 0 Å². The van der Waals surface area contributed by atoms with Gasteiger partial charge in [-0.15, -0.1) is 0 Å². The molecule has 2 atom stereocenters. The van der Waals surface area contributed by atoms with Gasteiger partial charge < -0.3 is 14.2 Å². The second-order valence-electron chi connectivity index (χ2n) is 10.4. The summed E-state index contributed by atoms with van der Waals surface area (Å²) >= 11 is 0. The molecule has 1 fully saturated rings. The molecule has 17 heteroatoms. The minimum absolute atomic E-state index is 0.0325. The van der Waals surface area contributed by atoms with Crippen molar-refractivity contribution in [3.05, 3.63) is 70.5 Å². The normalized spacial score (nSPS) is 17.2. The predicted octanol–water partition coefficient (Wildman–Crippen LogP) is 5.78. The van der Waals surface area contributed by atoms with E-state index in [-0.39, 0.29) is 35.9 Å². The SMILES string of the molecule is COC(=O)CCc1ccc(OC)c(-c2cnc(S(C)(=O)=O)nc2CN2C(=O)O[C@H](c3cc(C(F)(F)F)cc(C(F)(F)F)c3)[C@@H]2C)c1. The van der Waals surface area contributed by atoms with Crippen LogP contribution in [0.25, 0.3) is 11.1 Å². The summed E-state index contributed by atoms with van der Waals surface area (Å²) < 4.78 is 121. The average Bonchev–Trinajstić information content (AvgIpc) is 3.26. The van der Waals surface area contributed by atoms with Crippen LogP contribution in [0.15, 0.2) is 47.8 Å². The van der Waals surface area contributed by atoms with Gasteiger partial charge in [0.1, 0.15) is 11.9 Å². The van der Waals surface area contributed by atoms with E-state index in [2.05, 4.69) is 14.7 Å². The fourth-order valence-corrected chi connectivity index (χ4v) is 5.38. The first kappa shape index (κ1) is 34.5.